The Hall–Kier alpha value is -0.200. The van der Waals surface area contributed by atoms with E-state index in [1.807, 2.05) is 0 Å². The minimum Gasteiger partial charge on any atom is -0.392 e. The van der Waals surface area contributed by atoms with Crippen molar-refractivity contribution >= 4 is 0 Å². The lowest BCUT2D eigenvalue weighted by Crippen LogP contribution is -2.49. The van der Waals surface area contributed by atoms with Crippen molar-refractivity contribution < 1.29 is 5.11 Å². The van der Waals surface area contributed by atoms with Crippen LogP contribution in [-0.2, 0) is 0 Å². The minimum absolute atomic E-state index is 0.180. The summed E-state index contributed by atoms with van der Waals surface area (Å²) in [7, 11) is 0. The van der Waals surface area contributed by atoms with E-state index in [0.717, 1.165) is 32.6 Å². The first-order chi connectivity index (χ1) is 23.6. The van der Waals surface area contributed by atoms with E-state index in [1.165, 1.54) is 213 Å². The van der Waals surface area contributed by atoms with E-state index in [4.69, 9.17) is 0 Å². The lowest BCUT2D eigenvalue weighted by Gasteiger charge is -2.36. The van der Waals surface area contributed by atoms with E-state index in [2.05, 4.69) is 47.3 Å². The van der Waals surface area contributed by atoms with Gasteiger partial charge in [-0.15, -0.1) is 0 Å². The van der Waals surface area contributed by atoms with Crippen molar-refractivity contribution in [2.75, 3.05) is 78.5 Å². The van der Waals surface area contributed by atoms with Crippen molar-refractivity contribution in [1.82, 2.24) is 19.6 Å². The highest BCUT2D eigenvalue weighted by Gasteiger charge is 2.19. The summed E-state index contributed by atoms with van der Waals surface area (Å²) >= 11 is 0. The molecule has 1 heterocycles. The molecule has 1 rings (SSSR count). The van der Waals surface area contributed by atoms with Gasteiger partial charge in [0.15, 0.2) is 0 Å². The van der Waals surface area contributed by atoms with Crippen molar-refractivity contribution in [1.29, 1.82) is 0 Å². The number of aliphatic hydroxyl groups excluding tert-OH is 1. The standard InChI is InChI=1S/C43H90N4O/c1-5-9-12-15-18-21-24-27-30-43(48)42-47(41-39-46-36-34-44(31-8-4)35-37-46)40-38-45(32-28-25-22-19-16-13-10-6-2)33-29-26-23-20-17-14-11-7-3/h43,48H,5-42H2,1-4H3. The first-order valence-corrected chi connectivity index (χ1v) is 22.2. The highest BCUT2D eigenvalue weighted by molar-refractivity contribution is 4.75. The summed E-state index contributed by atoms with van der Waals surface area (Å²) in [4.78, 5) is 10.8. The molecule has 0 aromatic heterocycles. The van der Waals surface area contributed by atoms with Crippen molar-refractivity contribution in [2.45, 2.75) is 201 Å². The highest BCUT2D eigenvalue weighted by Crippen LogP contribution is 2.14. The first-order valence-electron chi connectivity index (χ1n) is 22.2. The SMILES string of the molecule is CCCCCCCCCCC(O)CN(CCN(CCCCCCCCCC)CCCCCCCCCC)CCN1CCN(CCC)CC1. The van der Waals surface area contributed by atoms with E-state index < -0.39 is 0 Å². The van der Waals surface area contributed by atoms with Gasteiger partial charge in [0.1, 0.15) is 0 Å². The zero-order chi connectivity index (χ0) is 34.8. The predicted molar refractivity (Wildman–Crippen MR) is 215 cm³/mol. The Labute approximate surface area is 303 Å². The molecular formula is C43H90N4O. The summed E-state index contributed by atoms with van der Waals surface area (Å²) < 4.78 is 0. The molecule has 0 aromatic carbocycles. The van der Waals surface area contributed by atoms with Crippen LogP contribution < -0.4 is 0 Å². The molecule has 1 saturated heterocycles. The zero-order valence-corrected chi connectivity index (χ0v) is 33.7. The second kappa shape index (κ2) is 35.2. The van der Waals surface area contributed by atoms with Crippen LogP contribution in [0.2, 0.25) is 0 Å². The third kappa shape index (κ3) is 28.5. The third-order valence-corrected chi connectivity index (χ3v) is 11.0. The normalized spacial score (nSPS) is 15.3. The summed E-state index contributed by atoms with van der Waals surface area (Å²) in [5.74, 6) is 0. The van der Waals surface area contributed by atoms with Gasteiger partial charge in [-0.2, -0.15) is 0 Å². The summed E-state index contributed by atoms with van der Waals surface area (Å²) in [6, 6.07) is 0. The maximum atomic E-state index is 11.2. The smallest absolute Gasteiger partial charge is 0.0667 e. The molecular weight excluding hydrogens is 589 g/mol. The Bertz CT molecular complexity index is 606. The number of rotatable bonds is 37. The minimum atomic E-state index is -0.180. The van der Waals surface area contributed by atoms with Gasteiger partial charge in [-0.1, -0.05) is 169 Å². The molecule has 1 atom stereocenters. The maximum Gasteiger partial charge on any atom is 0.0667 e. The van der Waals surface area contributed by atoms with Gasteiger partial charge in [-0.25, -0.2) is 0 Å². The van der Waals surface area contributed by atoms with Crippen LogP contribution in [-0.4, -0.2) is 109 Å². The van der Waals surface area contributed by atoms with Crippen LogP contribution in [0.25, 0.3) is 0 Å². The number of aliphatic hydroxyl groups is 1. The number of nitrogens with zero attached hydrogens (tertiary/aromatic N) is 4. The van der Waals surface area contributed by atoms with Crippen LogP contribution in [0.1, 0.15) is 195 Å². The second-order valence-corrected chi connectivity index (χ2v) is 15.7. The Kier molecular flexibility index (Phi) is 33.6. The van der Waals surface area contributed by atoms with Crippen molar-refractivity contribution in [3.8, 4) is 0 Å². The molecule has 0 radical (unpaired) electrons. The number of unbranched alkanes of at least 4 members (excludes halogenated alkanes) is 21. The number of hydrogen-bond acceptors (Lipinski definition) is 5. The Morgan fingerprint density at radius 2 is 0.771 bits per heavy atom. The van der Waals surface area contributed by atoms with Crippen LogP contribution in [0.5, 0.6) is 0 Å². The molecule has 1 aliphatic heterocycles. The maximum absolute atomic E-state index is 11.2. The van der Waals surface area contributed by atoms with Crippen LogP contribution >= 0.6 is 0 Å². The van der Waals surface area contributed by atoms with Crippen LogP contribution in [0.4, 0.5) is 0 Å². The van der Waals surface area contributed by atoms with E-state index in [-0.39, 0.29) is 6.10 Å². The van der Waals surface area contributed by atoms with Gasteiger partial charge < -0.3 is 14.9 Å². The van der Waals surface area contributed by atoms with Gasteiger partial charge in [-0.05, 0) is 45.3 Å². The summed E-state index contributed by atoms with van der Waals surface area (Å²) in [5, 5.41) is 11.2. The summed E-state index contributed by atoms with van der Waals surface area (Å²) in [5.41, 5.74) is 0. The monoisotopic (exact) mass is 679 g/mol. The zero-order valence-electron chi connectivity index (χ0n) is 33.7. The molecule has 1 aliphatic rings. The van der Waals surface area contributed by atoms with Crippen LogP contribution in [0.3, 0.4) is 0 Å². The van der Waals surface area contributed by atoms with E-state index in [1.54, 1.807) is 0 Å². The molecule has 0 amide bonds. The van der Waals surface area contributed by atoms with Gasteiger partial charge in [-0.3, -0.25) is 9.80 Å². The van der Waals surface area contributed by atoms with Crippen molar-refractivity contribution in [3.63, 3.8) is 0 Å². The Morgan fingerprint density at radius 1 is 0.396 bits per heavy atom. The number of piperazine rings is 1. The molecule has 288 valence electrons. The fraction of sp³-hybridized carbons (Fsp3) is 1.00. The van der Waals surface area contributed by atoms with Gasteiger partial charge in [0.05, 0.1) is 6.10 Å². The molecule has 0 saturated carbocycles. The number of hydrogen-bond donors (Lipinski definition) is 1. The van der Waals surface area contributed by atoms with E-state index in [9.17, 15) is 5.11 Å². The largest absolute Gasteiger partial charge is 0.392 e. The highest BCUT2D eigenvalue weighted by atomic mass is 16.3. The Morgan fingerprint density at radius 3 is 1.21 bits per heavy atom. The molecule has 0 bridgehead atoms. The third-order valence-electron chi connectivity index (χ3n) is 11.0. The fourth-order valence-corrected chi connectivity index (χ4v) is 7.59. The fourth-order valence-electron chi connectivity index (χ4n) is 7.59. The molecule has 5 heteroatoms. The quantitative estimate of drug-likeness (QED) is 0.0661. The van der Waals surface area contributed by atoms with Gasteiger partial charge in [0.2, 0.25) is 0 Å². The van der Waals surface area contributed by atoms with Gasteiger partial charge in [0, 0.05) is 58.9 Å². The molecule has 1 N–H and O–H groups in total. The average molecular weight is 679 g/mol. The molecule has 1 unspecified atom stereocenters. The molecule has 0 spiro atoms. The lowest BCUT2D eigenvalue weighted by atomic mass is 10.1. The Balaban J connectivity index is 2.59. The van der Waals surface area contributed by atoms with E-state index in [0.29, 0.717) is 0 Å². The molecule has 5 nitrogen and oxygen atoms in total. The molecule has 0 aliphatic carbocycles. The van der Waals surface area contributed by atoms with Crippen molar-refractivity contribution in [2.24, 2.45) is 0 Å². The van der Waals surface area contributed by atoms with Gasteiger partial charge in [0.25, 0.3) is 0 Å². The molecule has 1 fully saturated rings. The van der Waals surface area contributed by atoms with Crippen LogP contribution in [0.15, 0.2) is 0 Å². The predicted octanol–water partition coefficient (Wildman–Crippen LogP) is 10.8. The van der Waals surface area contributed by atoms with Crippen LogP contribution in [0, 0.1) is 0 Å². The lowest BCUT2D eigenvalue weighted by molar-refractivity contribution is 0.0774. The topological polar surface area (TPSA) is 33.2 Å². The summed E-state index contributed by atoms with van der Waals surface area (Å²) in [6.07, 6.45) is 35.2. The van der Waals surface area contributed by atoms with E-state index >= 15 is 0 Å². The molecule has 48 heavy (non-hydrogen) atoms. The van der Waals surface area contributed by atoms with Crippen molar-refractivity contribution in [3.05, 3.63) is 0 Å². The first kappa shape index (κ1) is 45.8. The van der Waals surface area contributed by atoms with Gasteiger partial charge >= 0.3 is 0 Å². The average Bonchev–Trinajstić information content (AvgIpc) is 3.09. The summed E-state index contributed by atoms with van der Waals surface area (Å²) in [6.45, 7) is 23.2. The molecule has 0 aromatic rings. The second-order valence-electron chi connectivity index (χ2n) is 15.7.